The third-order valence-electron chi connectivity index (χ3n) is 5.48. The molecule has 1 saturated carbocycles. The zero-order valence-corrected chi connectivity index (χ0v) is 18.7. The standard InChI is InChI=1S/C20H25ClN4O2S2/c1-12-18(28-20(23-12)24-19(26)13-4-2-3-5-13)14-6-7-16(21)17(10-14)29(27)25-15-8-9-22-11-15/h6-7,10,13,15,22,25H,2-5,8-9,11H2,1H3,(H,23,24,26). The summed E-state index contributed by atoms with van der Waals surface area (Å²) in [6.07, 6.45) is 5.10. The van der Waals surface area contributed by atoms with Crippen molar-refractivity contribution in [3.8, 4) is 10.4 Å². The van der Waals surface area contributed by atoms with E-state index in [1.165, 1.54) is 11.3 Å². The van der Waals surface area contributed by atoms with Crippen LogP contribution in [0.15, 0.2) is 23.1 Å². The summed E-state index contributed by atoms with van der Waals surface area (Å²) in [4.78, 5) is 18.5. The van der Waals surface area contributed by atoms with Crippen molar-refractivity contribution in [3.63, 3.8) is 0 Å². The number of aromatic nitrogens is 1. The van der Waals surface area contributed by atoms with Gasteiger partial charge in [-0.15, -0.1) is 0 Å². The normalized spacial score (nSPS) is 20.8. The molecular weight excluding hydrogens is 428 g/mol. The van der Waals surface area contributed by atoms with Gasteiger partial charge in [-0.3, -0.25) is 4.79 Å². The molecule has 1 saturated heterocycles. The highest BCUT2D eigenvalue weighted by Gasteiger charge is 2.24. The lowest BCUT2D eigenvalue weighted by Gasteiger charge is -2.12. The molecule has 6 nitrogen and oxygen atoms in total. The van der Waals surface area contributed by atoms with E-state index in [9.17, 15) is 9.00 Å². The van der Waals surface area contributed by atoms with E-state index in [1.54, 1.807) is 6.07 Å². The Labute approximate surface area is 182 Å². The van der Waals surface area contributed by atoms with Crippen molar-refractivity contribution in [2.75, 3.05) is 18.4 Å². The van der Waals surface area contributed by atoms with E-state index >= 15 is 0 Å². The van der Waals surface area contributed by atoms with Gasteiger partial charge >= 0.3 is 0 Å². The summed E-state index contributed by atoms with van der Waals surface area (Å²) in [6.45, 7) is 3.66. The number of thiazole rings is 1. The molecule has 0 radical (unpaired) electrons. The van der Waals surface area contributed by atoms with E-state index in [-0.39, 0.29) is 17.9 Å². The molecule has 29 heavy (non-hydrogen) atoms. The van der Waals surface area contributed by atoms with E-state index in [0.29, 0.717) is 15.0 Å². The quantitative estimate of drug-likeness (QED) is 0.621. The van der Waals surface area contributed by atoms with Crippen molar-refractivity contribution < 1.29 is 9.00 Å². The summed E-state index contributed by atoms with van der Waals surface area (Å²) in [5, 5.41) is 7.32. The maximum Gasteiger partial charge on any atom is 0.229 e. The first kappa shape index (κ1) is 20.9. The molecule has 1 aliphatic carbocycles. The second-order valence-corrected chi connectivity index (χ2v) is 10.2. The minimum Gasteiger partial charge on any atom is -0.315 e. The number of hydrogen-bond donors (Lipinski definition) is 3. The number of hydrogen-bond acceptors (Lipinski definition) is 5. The van der Waals surface area contributed by atoms with Gasteiger partial charge < -0.3 is 10.6 Å². The van der Waals surface area contributed by atoms with Crippen molar-refractivity contribution in [3.05, 3.63) is 28.9 Å². The highest BCUT2D eigenvalue weighted by Crippen LogP contribution is 2.36. The van der Waals surface area contributed by atoms with E-state index in [2.05, 4.69) is 20.3 Å². The lowest BCUT2D eigenvalue weighted by atomic mass is 10.1. The van der Waals surface area contributed by atoms with Crippen molar-refractivity contribution in [2.24, 2.45) is 5.92 Å². The van der Waals surface area contributed by atoms with Crippen LogP contribution in [0.25, 0.3) is 10.4 Å². The Kier molecular flexibility index (Phi) is 6.66. The first-order chi connectivity index (χ1) is 14.0. The van der Waals surface area contributed by atoms with Crippen molar-refractivity contribution in [1.82, 2.24) is 15.0 Å². The third-order valence-corrected chi connectivity index (χ3v) is 8.33. The molecule has 2 heterocycles. The largest absolute Gasteiger partial charge is 0.315 e. The van der Waals surface area contributed by atoms with Crippen LogP contribution in [0.5, 0.6) is 0 Å². The van der Waals surface area contributed by atoms with Gasteiger partial charge in [0.2, 0.25) is 5.91 Å². The Morgan fingerprint density at radius 2 is 2.10 bits per heavy atom. The number of carbonyl (C=O) groups excluding carboxylic acids is 1. The minimum atomic E-state index is -1.39. The van der Waals surface area contributed by atoms with Crippen LogP contribution in [0, 0.1) is 12.8 Å². The van der Waals surface area contributed by atoms with Crippen LogP contribution in [0.3, 0.4) is 0 Å². The molecule has 4 rings (SSSR count). The highest BCUT2D eigenvalue weighted by atomic mass is 35.5. The predicted molar refractivity (Wildman–Crippen MR) is 119 cm³/mol. The SMILES string of the molecule is Cc1nc(NC(=O)C2CCCC2)sc1-c1ccc(Cl)c(S(=O)NC2CCNC2)c1. The molecule has 1 amide bonds. The number of rotatable bonds is 6. The van der Waals surface area contributed by atoms with Crippen LogP contribution in [0.4, 0.5) is 5.13 Å². The van der Waals surface area contributed by atoms with Gasteiger partial charge in [-0.2, -0.15) is 0 Å². The smallest absolute Gasteiger partial charge is 0.229 e. The summed E-state index contributed by atoms with van der Waals surface area (Å²) in [6, 6.07) is 5.72. The molecule has 2 aliphatic rings. The zero-order valence-electron chi connectivity index (χ0n) is 16.3. The molecule has 9 heteroatoms. The third kappa shape index (κ3) is 4.88. The topological polar surface area (TPSA) is 83.1 Å². The van der Waals surface area contributed by atoms with Gasteiger partial charge in [-0.1, -0.05) is 41.8 Å². The molecule has 1 aromatic heterocycles. The fourth-order valence-electron chi connectivity index (χ4n) is 3.87. The summed E-state index contributed by atoms with van der Waals surface area (Å²) in [5.74, 6) is 0.165. The van der Waals surface area contributed by atoms with Crippen LogP contribution in [-0.2, 0) is 15.8 Å². The molecule has 2 fully saturated rings. The van der Waals surface area contributed by atoms with Crippen molar-refractivity contribution in [2.45, 2.75) is 50.0 Å². The van der Waals surface area contributed by atoms with Gasteiger partial charge in [0.15, 0.2) is 5.13 Å². The predicted octanol–water partition coefficient (Wildman–Crippen LogP) is 3.87. The van der Waals surface area contributed by atoms with Crippen LogP contribution in [0.2, 0.25) is 5.02 Å². The average molecular weight is 453 g/mol. The molecule has 2 atom stereocenters. The minimum absolute atomic E-state index is 0.0649. The van der Waals surface area contributed by atoms with Gasteiger partial charge in [0.05, 0.1) is 20.5 Å². The van der Waals surface area contributed by atoms with Crippen molar-refractivity contribution in [1.29, 1.82) is 0 Å². The van der Waals surface area contributed by atoms with Crippen LogP contribution >= 0.6 is 22.9 Å². The second kappa shape index (κ2) is 9.22. The first-order valence-electron chi connectivity index (χ1n) is 9.98. The summed E-state index contributed by atoms with van der Waals surface area (Å²) >= 11 is 7.78. The Morgan fingerprint density at radius 1 is 1.31 bits per heavy atom. The molecule has 1 aliphatic heterocycles. The lowest BCUT2D eigenvalue weighted by molar-refractivity contribution is -0.119. The number of amides is 1. The van der Waals surface area contributed by atoms with Gasteiger partial charge in [-0.25, -0.2) is 13.9 Å². The molecular formula is C20H25ClN4O2S2. The fraction of sp³-hybridized carbons (Fsp3) is 0.500. The Hall–Kier alpha value is -1.32. The summed E-state index contributed by atoms with van der Waals surface area (Å²) in [7, 11) is -1.39. The van der Waals surface area contributed by atoms with E-state index < -0.39 is 11.0 Å². The number of nitrogens with zero attached hydrogens (tertiary/aromatic N) is 1. The Bertz CT molecular complexity index is 921. The number of aryl methyl sites for hydroxylation is 1. The van der Waals surface area contributed by atoms with Gasteiger partial charge in [0.1, 0.15) is 11.0 Å². The number of anilines is 1. The van der Waals surface area contributed by atoms with Crippen molar-refractivity contribution >= 4 is 45.0 Å². The van der Waals surface area contributed by atoms with Crippen LogP contribution in [0.1, 0.15) is 37.8 Å². The summed E-state index contributed by atoms with van der Waals surface area (Å²) in [5.41, 5.74) is 1.74. The monoisotopic (exact) mass is 452 g/mol. The number of benzene rings is 1. The van der Waals surface area contributed by atoms with Crippen LogP contribution < -0.4 is 15.4 Å². The van der Waals surface area contributed by atoms with Gasteiger partial charge in [0, 0.05) is 18.5 Å². The van der Waals surface area contributed by atoms with E-state index in [1.807, 2.05) is 19.1 Å². The molecule has 1 aromatic carbocycles. The number of halogens is 1. The molecule has 3 N–H and O–H groups in total. The molecule has 0 bridgehead atoms. The Morgan fingerprint density at radius 3 is 2.83 bits per heavy atom. The molecule has 156 valence electrons. The van der Waals surface area contributed by atoms with Gasteiger partial charge in [-0.05, 0) is 50.4 Å². The molecule has 0 spiro atoms. The maximum atomic E-state index is 12.8. The lowest BCUT2D eigenvalue weighted by Crippen LogP contribution is -2.32. The number of nitrogens with one attached hydrogen (secondary N) is 3. The molecule has 2 unspecified atom stereocenters. The maximum absolute atomic E-state index is 12.8. The Balaban J connectivity index is 1.52. The molecule has 2 aromatic rings. The highest BCUT2D eigenvalue weighted by molar-refractivity contribution is 7.83. The van der Waals surface area contributed by atoms with E-state index in [0.717, 1.165) is 61.3 Å². The number of carbonyl (C=O) groups is 1. The fourth-order valence-corrected chi connectivity index (χ4v) is 6.27. The zero-order chi connectivity index (χ0) is 20.4. The van der Waals surface area contributed by atoms with Crippen LogP contribution in [-0.4, -0.2) is 34.2 Å². The van der Waals surface area contributed by atoms with E-state index in [4.69, 9.17) is 11.6 Å². The average Bonchev–Trinajstić information content (AvgIpc) is 3.44. The van der Waals surface area contributed by atoms with Gasteiger partial charge in [0.25, 0.3) is 0 Å². The second-order valence-electron chi connectivity index (χ2n) is 7.63. The first-order valence-corrected chi connectivity index (χ1v) is 12.3. The summed E-state index contributed by atoms with van der Waals surface area (Å²) < 4.78 is 16.0.